The van der Waals surface area contributed by atoms with Crippen LogP contribution in [0.1, 0.15) is 33.6 Å². The molecule has 0 aromatic carbocycles. The molecule has 100 valence electrons. The summed E-state index contributed by atoms with van der Waals surface area (Å²) in [6.07, 6.45) is 3.46. The Balaban J connectivity index is 3.03. The van der Waals surface area contributed by atoms with Crippen molar-refractivity contribution < 1.29 is 18.9 Å². The predicted octanol–water partition coefficient (Wildman–Crippen LogP) is 2.48. The molecule has 1 unspecified atom stereocenters. The Bertz CT molecular complexity index is 226. The highest BCUT2D eigenvalue weighted by Crippen LogP contribution is 2.41. The summed E-state index contributed by atoms with van der Waals surface area (Å²) in [4.78, 5) is 0. The zero-order valence-corrected chi connectivity index (χ0v) is 11.2. The van der Waals surface area contributed by atoms with Crippen LogP contribution in [0, 0.1) is 0 Å². The lowest BCUT2D eigenvalue weighted by atomic mass is 9.91. The highest BCUT2D eigenvalue weighted by Gasteiger charge is 2.56. The van der Waals surface area contributed by atoms with E-state index in [0.29, 0.717) is 26.4 Å². The monoisotopic (exact) mass is 244 g/mol. The van der Waals surface area contributed by atoms with Crippen molar-refractivity contribution in [3.05, 3.63) is 12.7 Å². The summed E-state index contributed by atoms with van der Waals surface area (Å²) < 4.78 is 23.1. The van der Waals surface area contributed by atoms with Gasteiger partial charge >= 0.3 is 5.97 Å². The second kappa shape index (κ2) is 6.50. The van der Waals surface area contributed by atoms with Crippen LogP contribution in [0.5, 0.6) is 0 Å². The molecule has 1 heterocycles. The number of hydrogen-bond donors (Lipinski definition) is 0. The minimum Gasteiger partial charge on any atom is -0.363 e. The second-order valence-corrected chi connectivity index (χ2v) is 3.90. The van der Waals surface area contributed by atoms with Gasteiger partial charge in [-0.3, -0.25) is 0 Å². The summed E-state index contributed by atoms with van der Waals surface area (Å²) in [6.45, 7) is 11.8. The van der Waals surface area contributed by atoms with E-state index in [-0.39, 0.29) is 0 Å². The van der Waals surface area contributed by atoms with E-state index in [1.807, 2.05) is 20.8 Å². The molecule has 4 nitrogen and oxygen atoms in total. The van der Waals surface area contributed by atoms with Crippen molar-refractivity contribution >= 4 is 0 Å². The molecular formula is C13H24O4. The molecule has 1 aliphatic rings. The molecule has 1 aliphatic heterocycles. The Labute approximate surface area is 104 Å². The van der Waals surface area contributed by atoms with E-state index in [9.17, 15) is 0 Å². The van der Waals surface area contributed by atoms with Crippen molar-refractivity contribution in [2.45, 2.75) is 45.2 Å². The van der Waals surface area contributed by atoms with Crippen LogP contribution >= 0.6 is 0 Å². The van der Waals surface area contributed by atoms with E-state index in [1.54, 1.807) is 6.08 Å². The second-order valence-electron chi connectivity index (χ2n) is 3.90. The smallest absolute Gasteiger partial charge is 0.317 e. The van der Waals surface area contributed by atoms with Crippen LogP contribution in [0.15, 0.2) is 12.7 Å². The number of hydrogen-bond acceptors (Lipinski definition) is 4. The minimum atomic E-state index is -1.15. The Kier molecular flexibility index (Phi) is 5.59. The fourth-order valence-electron chi connectivity index (χ4n) is 2.27. The van der Waals surface area contributed by atoms with Crippen molar-refractivity contribution in [3.63, 3.8) is 0 Å². The van der Waals surface area contributed by atoms with Gasteiger partial charge in [0.2, 0.25) is 0 Å². The summed E-state index contributed by atoms with van der Waals surface area (Å²) in [5.74, 6) is -1.15. The maximum Gasteiger partial charge on any atom is 0.317 e. The molecule has 0 radical (unpaired) electrons. The third-order valence-corrected chi connectivity index (χ3v) is 2.90. The molecule has 1 fully saturated rings. The molecule has 0 amide bonds. The predicted molar refractivity (Wildman–Crippen MR) is 65.7 cm³/mol. The molecule has 1 atom stereocenters. The van der Waals surface area contributed by atoms with Gasteiger partial charge in [0.05, 0.1) is 6.61 Å². The van der Waals surface area contributed by atoms with E-state index in [1.165, 1.54) is 0 Å². The van der Waals surface area contributed by atoms with Gasteiger partial charge in [-0.25, -0.2) is 0 Å². The Morgan fingerprint density at radius 2 is 1.71 bits per heavy atom. The first-order chi connectivity index (χ1) is 8.20. The van der Waals surface area contributed by atoms with Crippen LogP contribution in [0.2, 0.25) is 0 Å². The van der Waals surface area contributed by atoms with Crippen LogP contribution in [0.3, 0.4) is 0 Å². The van der Waals surface area contributed by atoms with Crippen molar-refractivity contribution in [3.8, 4) is 0 Å². The normalized spacial score (nSPS) is 27.9. The van der Waals surface area contributed by atoms with Crippen molar-refractivity contribution in [2.75, 3.05) is 26.4 Å². The zero-order valence-electron chi connectivity index (χ0n) is 11.2. The molecule has 0 N–H and O–H groups in total. The maximum absolute atomic E-state index is 5.85. The van der Waals surface area contributed by atoms with Gasteiger partial charge in [0, 0.05) is 19.8 Å². The summed E-state index contributed by atoms with van der Waals surface area (Å²) in [5, 5.41) is 0. The molecule has 1 saturated heterocycles. The lowest BCUT2D eigenvalue weighted by Crippen LogP contribution is -2.62. The first kappa shape index (κ1) is 14.6. The summed E-state index contributed by atoms with van der Waals surface area (Å²) >= 11 is 0. The lowest BCUT2D eigenvalue weighted by Gasteiger charge is -2.48. The van der Waals surface area contributed by atoms with Gasteiger partial charge in [-0.15, -0.1) is 0 Å². The van der Waals surface area contributed by atoms with Gasteiger partial charge in [0.15, 0.2) is 5.60 Å². The van der Waals surface area contributed by atoms with Gasteiger partial charge < -0.3 is 18.9 Å². The molecule has 17 heavy (non-hydrogen) atoms. The molecule has 4 heteroatoms. The quantitative estimate of drug-likeness (QED) is 0.509. The maximum atomic E-state index is 5.85. The Hall–Kier alpha value is -0.420. The topological polar surface area (TPSA) is 36.9 Å². The third-order valence-electron chi connectivity index (χ3n) is 2.90. The first-order valence-electron chi connectivity index (χ1n) is 6.39. The van der Waals surface area contributed by atoms with Gasteiger partial charge in [0.1, 0.15) is 0 Å². The van der Waals surface area contributed by atoms with Gasteiger partial charge in [-0.1, -0.05) is 12.7 Å². The van der Waals surface area contributed by atoms with Crippen LogP contribution in [0.4, 0.5) is 0 Å². The molecule has 0 aliphatic carbocycles. The van der Waals surface area contributed by atoms with Gasteiger partial charge in [0.25, 0.3) is 0 Å². The lowest BCUT2D eigenvalue weighted by molar-refractivity contribution is -0.447. The highest BCUT2D eigenvalue weighted by molar-refractivity contribution is 5.06. The molecule has 0 aromatic rings. The summed E-state index contributed by atoms with van der Waals surface area (Å²) in [5.41, 5.74) is -0.716. The summed E-state index contributed by atoms with van der Waals surface area (Å²) in [6, 6.07) is 0. The summed E-state index contributed by atoms with van der Waals surface area (Å²) in [7, 11) is 0. The van der Waals surface area contributed by atoms with Crippen molar-refractivity contribution in [1.82, 2.24) is 0 Å². The standard InChI is InChI=1S/C13H24O4/c1-5-12(14-6-2)10-9-11-17-13(12,15-7-3)16-8-4/h5H,1,6-11H2,2-4H3. The van der Waals surface area contributed by atoms with E-state index in [4.69, 9.17) is 18.9 Å². The third kappa shape index (κ3) is 2.71. The van der Waals surface area contributed by atoms with Gasteiger partial charge in [-0.2, -0.15) is 0 Å². The van der Waals surface area contributed by atoms with Crippen LogP contribution in [0.25, 0.3) is 0 Å². The SMILES string of the molecule is C=CC1(OCC)CCCOC1(OCC)OCC. The average Bonchev–Trinajstić information content (AvgIpc) is 2.33. The molecule has 0 saturated carbocycles. The van der Waals surface area contributed by atoms with Crippen LogP contribution in [-0.4, -0.2) is 38.0 Å². The van der Waals surface area contributed by atoms with Gasteiger partial charge in [-0.05, 0) is 33.6 Å². The zero-order chi connectivity index (χ0) is 12.8. The van der Waals surface area contributed by atoms with Crippen molar-refractivity contribution in [1.29, 1.82) is 0 Å². The van der Waals surface area contributed by atoms with E-state index in [0.717, 1.165) is 12.8 Å². The fourth-order valence-corrected chi connectivity index (χ4v) is 2.27. The molecule has 0 bridgehead atoms. The first-order valence-corrected chi connectivity index (χ1v) is 6.39. The van der Waals surface area contributed by atoms with E-state index < -0.39 is 11.6 Å². The van der Waals surface area contributed by atoms with E-state index in [2.05, 4.69) is 6.58 Å². The van der Waals surface area contributed by atoms with Crippen molar-refractivity contribution in [2.24, 2.45) is 0 Å². The largest absolute Gasteiger partial charge is 0.363 e. The molecule has 0 spiro atoms. The fraction of sp³-hybridized carbons (Fsp3) is 0.846. The minimum absolute atomic E-state index is 0.503. The van der Waals surface area contributed by atoms with E-state index >= 15 is 0 Å². The highest BCUT2D eigenvalue weighted by atomic mass is 16.9. The average molecular weight is 244 g/mol. The number of rotatable bonds is 7. The van der Waals surface area contributed by atoms with Crippen LogP contribution < -0.4 is 0 Å². The van der Waals surface area contributed by atoms with Crippen LogP contribution in [-0.2, 0) is 18.9 Å². The Morgan fingerprint density at radius 3 is 2.18 bits per heavy atom. The molecule has 0 aromatic heterocycles. The number of ether oxygens (including phenoxy) is 4. The molecular weight excluding hydrogens is 220 g/mol. The molecule has 1 rings (SSSR count). The Morgan fingerprint density at radius 1 is 1.12 bits per heavy atom.